The number of hydrogen-bond donors (Lipinski definition) is 2. The van der Waals surface area contributed by atoms with E-state index in [9.17, 15) is 9.90 Å². The minimum Gasteiger partial charge on any atom is -0.477 e. The maximum absolute atomic E-state index is 12.8. The van der Waals surface area contributed by atoms with Crippen LogP contribution in [-0.2, 0) is 19.5 Å². The van der Waals surface area contributed by atoms with Crippen molar-refractivity contribution in [3.05, 3.63) is 113 Å². The number of aromatic amines is 1. The van der Waals surface area contributed by atoms with Crippen molar-refractivity contribution in [2.24, 2.45) is 0 Å². The first-order valence-electron chi connectivity index (χ1n) is 14.2. The quantitative estimate of drug-likeness (QED) is 0.161. The molecule has 0 saturated carbocycles. The monoisotopic (exact) mass is 589 g/mol. The van der Waals surface area contributed by atoms with Crippen molar-refractivity contribution in [3.8, 4) is 33.1 Å². The Balaban J connectivity index is 1.33. The molecule has 0 unspecified atom stereocenters. The van der Waals surface area contributed by atoms with Gasteiger partial charge in [0.15, 0.2) is 5.82 Å². The lowest BCUT2D eigenvalue weighted by molar-refractivity contribution is 0.0698. The number of rotatable bonds is 12. The molecule has 0 aliphatic rings. The highest BCUT2D eigenvalue weighted by molar-refractivity contribution is 7.13. The second-order valence-corrected chi connectivity index (χ2v) is 11.1. The van der Waals surface area contributed by atoms with Crippen LogP contribution in [0, 0.1) is 0 Å². The Morgan fingerprint density at radius 1 is 0.930 bits per heavy atom. The lowest BCUT2D eigenvalue weighted by atomic mass is 9.98. The van der Waals surface area contributed by atoms with E-state index >= 15 is 0 Å². The average molecular weight is 590 g/mol. The zero-order valence-corrected chi connectivity index (χ0v) is 24.5. The van der Waals surface area contributed by atoms with Crippen LogP contribution < -0.4 is 4.90 Å². The van der Waals surface area contributed by atoms with E-state index < -0.39 is 5.97 Å². The summed E-state index contributed by atoms with van der Waals surface area (Å²) < 4.78 is 1.87. The van der Waals surface area contributed by atoms with Gasteiger partial charge >= 0.3 is 5.97 Å². The van der Waals surface area contributed by atoms with Crippen molar-refractivity contribution in [2.45, 2.75) is 32.9 Å². The summed E-state index contributed by atoms with van der Waals surface area (Å²) in [6.07, 6.45) is 1.60. The molecule has 0 fully saturated rings. The molecule has 2 N–H and O–H groups in total. The van der Waals surface area contributed by atoms with Gasteiger partial charge in [-0.25, -0.2) is 4.79 Å². The van der Waals surface area contributed by atoms with E-state index in [2.05, 4.69) is 68.8 Å². The Labute approximate surface area is 253 Å². The number of carbonyl (C=O) groups is 1. The SMILES string of the molecule is CCCN(Cc1ccc(-c2ccccc2-c2nn[nH]n2)cc1)c1nn(CCc2ccccc2)c(-c2cccs2)c1C(=O)O. The fraction of sp³-hybridized carbons (Fsp3) is 0.182. The Morgan fingerprint density at radius 2 is 1.70 bits per heavy atom. The van der Waals surface area contributed by atoms with E-state index in [1.165, 1.54) is 16.9 Å². The van der Waals surface area contributed by atoms with Crippen LogP contribution in [0.2, 0.25) is 0 Å². The van der Waals surface area contributed by atoms with Gasteiger partial charge in [0.25, 0.3) is 0 Å². The summed E-state index contributed by atoms with van der Waals surface area (Å²) in [5.74, 6) is 0.0654. The molecule has 3 aromatic heterocycles. The third-order valence-corrected chi connectivity index (χ3v) is 8.18. The summed E-state index contributed by atoms with van der Waals surface area (Å²) in [4.78, 5) is 15.8. The Morgan fingerprint density at radius 3 is 2.37 bits per heavy atom. The highest BCUT2D eigenvalue weighted by Gasteiger charge is 2.28. The molecule has 0 amide bonds. The van der Waals surface area contributed by atoms with Gasteiger partial charge in [-0.3, -0.25) is 4.68 Å². The first-order chi connectivity index (χ1) is 21.1. The fourth-order valence-electron chi connectivity index (χ4n) is 5.32. The second kappa shape index (κ2) is 12.8. The first kappa shape index (κ1) is 28.0. The second-order valence-electron chi connectivity index (χ2n) is 10.2. The zero-order chi connectivity index (χ0) is 29.6. The highest BCUT2D eigenvalue weighted by atomic mass is 32.1. The summed E-state index contributed by atoms with van der Waals surface area (Å²) >= 11 is 1.53. The molecule has 6 rings (SSSR count). The first-order valence-corrected chi connectivity index (χ1v) is 15.1. The summed E-state index contributed by atoms with van der Waals surface area (Å²) in [6, 6.07) is 30.4. The zero-order valence-electron chi connectivity index (χ0n) is 23.7. The van der Waals surface area contributed by atoms with Crippen LogP contribution in [0.4, 0.5) is 5.82 Å². The van der Waals surface area contributed by atoms with Crippen LogP contribution >= 0.6 is 11.3 Å². The van der Waals surface area contributed by atoms with Crippen LogP contribution in [0.1, 0.15) is 34.8 Å². The summed E-state index contributed by atoms with van der Waals surface area (Å²) in [5.41, 5.74) is 6.07. The minimum atomic E-state index is -0.973. The molecule has 0 saturated heterocycles. The number of aromatic nitrogens is 6. The summed E-state index contributed by atoms with van der Waals surface area (Å²) in [6.45, 7) is 3.87. The van der Waals surface area contributed by atoms with Crippen LogP contribution in [-0.4, -0.2) is 48.0 Å². The van der Waals surface area contributed by atoms with Gasteiger partial charge in [0.05, 0.1) is 10.6 Å². The molecule has 0 atom stereocenters. The number of H-pyrrole nitrogens is 1. The van der Waals surface area contributed by atoms with E-state index in [4.69, 9.17) is 5.10 Å². The predicted molar refractivity (Wildman–Crippen MR) is 169 cm³/mol. The molecule has 0 bridgehead atoms. The molecule has 43 heavy (non-hydrogen) atoms. The Kier molecular flexibility index (Phi) is 8.37. The van der Waals surface area contributed by atoms with E-state index in [1.807, 2.05) is 64.7 Å². The van der Waals surface area contributed by atoms with Crippen LogP contribution in [0.25, 0.3) is 33.1 Å². The third-order valence-electron chi connectivity index (χ3n) is 7.30. The number of carboxylic acid groups (broad SMARTS) is 1. The number of benzene rings is 3. The molecule has 0 spiro atoms. The number of carboxylic acids is 1. The summed E-state index contributed by atoms with van der Waals surface area (Å²) in [5, 5.41) is 32.0. The average Bonchev–Trinajstić information content (AvgIpc) is 3.82. The number of tetrazole rings is 1. The minimum absolute atomic E-state index is 0.245. The number of nitrogens with zero attached hydrogens (tertiary/aromatic N) is 6. The van der Waals surface area contributed by atoms with Crippen molar-refractivity contribution in [1.29, 1.82) is 0 Å². The van der Waals surface area contributed by atoms with E-state index in [1.54, 1.807) is 0 Å². The largest absolute Gasteiger partial charge is 0.477 e. The molecule has 10 heteroatoms. The van der Waals surface area contributed by atoms with Gasteiger partial charge in [0, 0.05) is 25.2 Å². The van der Waals surface area contributed by atoms with Gasteiger partial charge in [0.2, 0.25) is 5.82 Å². The Bertz CT molecular complexity index is 1780. The third kappa shape index (κ3) is 6.09. The van der Waals surface area contributed by atoms with Crippen molar-refractivity contribution < 1.29 is 9.90 Å². The normalized spacial score (nSPS) is 11.1. The van der Waals surface area contributed by atoms with E-state index in [-0.39, 0.29) is 5.56 Å². The van der Waals surface area contributed by atoms with Crippen LogP contribution in [0.15, 0.2) is 96.4 Å². The maximum Gasteiger partial charge on any atom is 0.341 e. The van der Waals surface area contributed by atoms with Crippen molar-refractivity contribution in [1.82, 2.24) is 30.4 Å². The highest BCUT2D eigenvalue weighted by Crippen LogP contribution is 2.36. The van der Waals surface area contributed by atoms with Crippen molar-refractivity contribution >= 4 is 23.1 Å². The van der Waals surface area contributed by atoms with Gasteiger partial charge < -0.3 is 10.0 Å². The molecule has 0 radical (unpaired) electrons. The number of nitrogens with one attached hydrogen (secondary N) is 1. The standard InChI is InChI=1S/C33H31N7O2S/c1-2-19-39(22-24-14-16-25(17-15-24)26-11-6-7-12-27(26)31-34-37-38-35-31)32-29(33(41)42)30(28-13-8-21-43-28)40(36-32)20-18-23-9-4-3-5-10-23/h3-17,21H,2,18-20,22H2,1H3,(H,41,42)(H,34,35,37,38). The van der Waals surface area contributed by atoms with Crippen LogP contribution in [0.5, 0.6) is 0 Å². The molecule has 0 aliphatic carbocycles. The summed E-state index contributed by atoms with van der Waals surface area (Å²) in [7, 11) is 0. The Hall–Kier alpha value is -5.09. The van der Waals surface area contributed by atoms with Gasteiger partial charge in [-0.1, -0.05) is 91.9 Å². The number of anilines is 1. The number of aryl methyl sites for hydroxylation is 2. The van der Waals surface area contributed by atoms with E-state index in [0.29, 0.717) is 37.0 Å². The molecule has 216 valence electrons. The number of aromatic carboxylic acids is 1. The number of thiophene rings is 1. The van der Waals surface area contributed by atoms with Gasteiger partial charge in [-0.15, -0.1) is 21.5 Å². The molecule has 0 aliphatic heterocycles. The maximum atomic E-state index is 12.8. The smallest absolute Gasteiger partial charge is 0.341 e. The van der Waals surface area contributed by atoms with Crippen molar-refractivity contribution in [2.75, 3.05) is 11.4 Å². The van der Waals surface area contributed by atoms with Gasteiger partial charge in [0.1, 0.15) is 5.56 Å². The fourth-order valence-corrected chi connectivity index (χ4v) is 6.10. The lowest BCUT2D eigenvalue weighted by Crippen LogP contribution is -2.26. The molecule has 6 aromatic rings. The topological polar surface area (TPSA) is 113 Å². The molecular formula is C33H31N7O2S. The van der Waals surface area contributed by atoms with Gasteiger partial charge in [-0.05, 0) is 51.8 Å². The van der Waals surface area contributed by atoms with E-state index in [0.717, 1.165) is 40.0 Å². The molecule has 3 aromatic carbocycles. The number of hydrogen-bond acceptors (Lipinski definition) is 7. The van der Waals surface area contributed by atoms with Crippen LogP contribution in [0.3, 0.4) is 0 Å². The predicted octanol–water partition coefficient (Wildman–Crippen LogP) is 6.82. The van der Waals surface area contributed by atoms with Gasteiger partial charge in [-0.2, -0.15) is 10.3 Å². The molecule has 9 nitrogen and oxygen atoms in total. The molecule has 3 heterocycles. The van der Waals surface area contributed by atoms with Crippen molar-refractivity contribution in [3.63, 3.8) is 0 Å². The molecular weight excluding hydrogens is 558 g/mol. The lowest BCUT2D eigenvalue weighted by Gasteiger charge is -2.23.